The topological polar surface area (TPSA) is 76.1 Å². The summed E-state index contributed by atoms with van der Waals surface area (Å²) in [6, 6.07) is 18.3. The number of rotatable bonds is 8. The van der Waals surface area contributed by atoms with E-state index in [9.17, 15) is 14.7 Å². The molecule has 0 bridgehead atoms. The van der Waals surface area contributed by atoms with Gasteiger partial charge in [-0.05, 0) is 85.5 Å². The molecule has 0 aliphatic carbocycles. The van der Waals surface area contributed by atoms with E-state index in [1.165, 1.54) is 4.90 Å². The summed E-state index contributed by atoms with van der Waals surface area (Å²) in [5.41, 5.74) is 2.52. The SMILES string of the molecule is CCOc1ccc(C2/C(=C(/O)c3ccc(OCC)c(C(C)C)c3)C(=O)C(=O)N2c2ccc(Cl)cc2)cc1. The second-order valence-corrected chi connectivity index (χ2v) is 9.42. The third-order valence-electron chi connectivity index (χ3n) is 6.26. The van der Waals surface area contributed by atoms with Crippen LogP contribution in [-0.4, -0.2) is 30.0 Å². The van der Waals surface area contributed by atoms with Gasteiger partial charge >= 0.3 is 0 Å². The van der Waals surface area contributed by atoms with Crippen molar-refractivity contribution in [3.05, 3.63) is 94.0 Å². The van der Waals surface area contributed by atoms with Crippen molar-refractivity contribution < 1.29 is 24.2 Å². The van der Waals surface area contributed by atoms with E-state index in [0.717, 1.165) is 11.3 Å². The van der Waals surface area contributed by atoms with E-state index in [1.807, 2.05) is 33.8 Å². The van der Waals surface area contributed by atoms with E-state index in [0.29, 0.717) is 40.8 Å². The van der Waals surface area contributed by atoms with Gasteiger partial charge in [0, 0.05) is 16.3 Å². The average Bonchev–Trinajstić information content (AvgIpc) is 3.15. The highest BCUT2D eigenvalue weighted by Gasteiger charge is 2.47. The number of aliphatic hydroxyl groups is 1. The summed E-state index contributed by atoms with van der Waals surface area (Å²) >= 11 is 6.07. The van der Waals surface area contributed by atoms with Crippen LogP contribution in [0.4, 0.5) is 5.69 Å². The number of nitrogens with zero attached hydrogens (tertiary/aromatic N) is 1. The van der Waals surface area contributed by atoms with Gasteiger partial charge < -0.3 is 14.6 Å². The van der Waals surface area contributed by atoms with Crippen molar-refractivity contribution in [1.82, 2.24) is 0 Å². The summed E-state index contributed by atoms with van der Waals surface area (Å²) in [4.78, 5) is 28.2. The Morgan fingerprint density at radius 2 is 1.59 bits per heavy atom. The summed E-state index contributed by atoms with van der Waals surface area (Å²) in [6.07, 6.45) is 0. The van der Waals surface area contributed by atoms with Gasteiger partial charge in [-0.25, -0.2) is 0 Å². The number of Topliss-reactive ketones (excluding diaryl/α,β-unsaturated/α-hetero) is 1. The first kappa shape index (κ1) is 26.3. The number of aliphatic hydroxyl groups excluding tert-OH is 1. The quantitative estimate of drug-likeness (QED) is 0.199. The predicted octanol–water partition coefficient (Wildman–Crippen LogP) is 6.89. The normalized spacial score (nSPS) is 16.9. The molecule has 0 radical (unpaired) electrons. The Balaban J connectivity index is 1.90. The van der Waals surface area contributed by atoms with Crippen molar-refractivity contribution in [2.75, 3.05) is 18.1 Å². The molecule has 0 aromatic heterocycles. The molecule has 1 unspecified atom stereocenters. The van der Waals surface area contributed by atoms with Crippen molar-refractivity contribution >= 4 is 34.7 Å². The van der Waals surface area contributed by atoms with Gasteiger partial charge in [-0.2, -0.15) is 0 Å². The molecule has 1 atom stereocenters. The molecule has 3 aromatic carbocycles. The first-order valence-electron chi connectivity index (χ1n) is 12.3. The zero-order valence-corrected chi connectivity index (χ0v) is 22.1. The maximum Gasteiger partial charge on any atom is 0.300 e. The van der Waals surface area contributed by atoms with Crippen LogP contribution in [0.3, 0.4) is 0 Å². The van der Waals surface area contributed by atoms with Gasteiger partial charge in [0.1, 0.15) is 17.3 Å². The lowest BCUT2D eigenvalue weighted by Gasteiger charge is -2.25. The van der Waals surface area contributed by atoms with Crippen LogP contribution in [0.5, 0.6) is 11.5 Å². The largest absolute Gasteiger partial charge is 0.507 e. The molecule has 3 aromatic rings. The molecule has 0 saturated carbocycles. The Kier molecular flexibility index (Phi) is 7.89. The van der Waals surface area contributed by atoms with Crippen LogP contribution in [0.15, 0.2) is 72.3 Å². The van der Waals surface area contributed by atoms with E-state index in [4.69, 9.17) is 21.1 Å². The van der Waals surface area contributed by atoms with E-state index < -0.39 is 17.7 Å². The Hall–Kier alpha value is -3.77. The number of ether oxygens (including phenoxy) is 2. The number of ketones is 1. The predicted molar refractivity (Wildman–Crippen MR) is 146 cm³/mol. The fourth-order valence-electron chi connectivity index (χ4n) is 4.52. The van der Waals surface area contributed by atoms with Crippen LogP contribution in [0.2, 0.25) is 5.02 Å². The number of amides is 1. The molecule has 192 valence electrons. The molecule has 1 aliphatic heterocycles. The molecule has 1 heterocycles. The lowest BCUT2D eigenvalue weighted by molar-refractivity contribution is -0.132. The molecule has 4 rings (SSSR count). The molecular formula is C30H30ClNO5. The van der Waals surface area contributed by atoms with Gasteiger partial charge in [0.25, 0.3) is 11.7 Å². The number of carbonyl (C=O) groups excluding carboxylic acids is 2. The Bertz CT molecular complexity index is 1330. The fraction of sp³-hybridized carbons (Fsp3) is 0.267. The Morgan fingerprint density at radius 3 is 2.19 bits per heavy atom. The average molecular weight is 520 g/mol. The molecule has 0 spiro atoms. The molecule has 1 saturated heterocycles. The summed E-state index contributed by atoms with van der Waals surface area (Å²) in [5, 5.41) is 12.0. The second kappa shape index (κ2) is 11.1. The van der Waals surface area contributed by atoms with E-state index in [-0.39, 0.29) is 17.3 Å². The zero-order valence-electron chi connectivity index (χ0n) is 21.3. The molecule has 1 amide bonds. The molecule has 1 fully saturated rings. The van der Waals surface area contributed by atoms with Crippen LogP contribution in [0, 0.1) is 0 Å². The molecule has 6 nitrogen and oxygen atoms in total. The minimum atomic E-state index is -0.842. The fourth-order valence-corrected chi connectivity index (χ4v) is 4.64. The van der Waals surface area contributed by atoms with Gasteiger partial charge in [0.2, 0.25) is 0 Å². The monoisotopic (exact) mass is 519 g/mol. The van der Waals surface area contributed by atoms with Crippen molar-refractivity contribution in [2.24, 2.45) is 0 Å². The number of carbonyl (C=O) groups is 2. The van der Waals surface area contributed by atoms with Gasteiger partial charge in [-0.1, -0.05) is 37.6 Å². The second-order valence-electron chi connectivity index (χ2n) is 8.99. The van der Waals surface area contributed by atoms with Crippen molar-refractivity contribution in [1.29, 1.82) is 0 Å². The number of hydrogen-bond acceptors (Lipinski definition) is 5. The minimum absolute atomic E-state index is 0.0166. The van der Waals surface area contributed by atoms with Gasteiger partial charge in [0.05, 0.1) is 24.8 Å². The summed E-state index contributed by atoms with van der Waals surface area (Å²) < 4.78 is 11.3. The smallest absolute Gasteiger partial charge is 0.300 e. The number of benzene rings is 3. The van der Waals surface area contributed by atoms with E-state index in [1.54, 1.807) is 60.7 Å². The molecular weight excluding hydrogens is 490 g/mol. The summed E-state index contributed by atoms with van der Waals surface area (Å²) in [6.45, 7) is 8.88. The van der Waals surface area contributed by atoms with Crippen molar-refractivity contribution in [3.8, 4) is 11.5 Å². The third kappa shape index (κ3) is 5.20. The Morgan fingerprint density at radius 1 is 0.946 bits per heavy atom. The molecule has 37 heavy (non-hydrogen) atoms. The minimum Gasteiger partial charge on any atom is -0.507 e. The maximum absolute atomic E-state index is 13.4. The van der Waals surface area contributed by atoms with Gasteiger partial charge in [0.15, 0.2) is 0 Å². The Labute approximate surface area is 222 Å². The highest BCUT2D eigenvalue weighted by atomic mass is 35.5. The lowest BCUT2D eigenvalue weighted by Crippen LogP contribution is -2.29. The van der Waals surface area contributed by atoms with Crippen LogP contribution in [0.1, 0.15) is 56.3 Å². The highest BCUT2D eigenvalue weighted by molar-refractivity contribution is 6.51. The lowest BCUT2D eigenvalue weighted by atomic mass is 9.93. The summed E-state index contributed by atoms with van der Waals surface area (Å²) in [7, 11) is 0. The van der Waals surface area contributed by atoms with E-state index >= 15 is 0 Å². The maximum atomic E-state index is 13.4. The van der Waals surface area contributed by atoms with Crippen molar-refractivity contribution in [2.45, 2.75) is 39.7 Å². The van der Waals surface area contributed by atoms with Crippen LogP contribution in [0.25, 0.3) is 5.76 Å². The number of anilines is 1. The zero-order chi connectivity index (χ0) is 26.7. The van der Waals surface area contributed by atoms with Crippen LogP contribution in [-0.2, 0) is 9.59 Å². The van der Waals surface area contributed by atoms with Gasteiger partial charge in [-0.3, -0.25) is 14.5 Å². The molecule has 1 N–H and O–H groups in total. The van der Waals surface area contributed by atoms with E-state index in [2.05, 4.69) is 0 Å². The van der Waals surface area contributed by atoms with Crippen LogP contribution >= 0.6 is 11.6 Å². The first-order chi connectivity index (χ1) is 17.8. The van der Waals surface area contributed by atoms with Gasteiger partial charge in [-0.15, -0.1) is 0 Å². The highest BCUT2D eigenvalue weighted by Crippen LogP contribution is 2.43. The standard InChI is InChI=1S/C30H30ClNO5/c1-5-36-23-14-7-19(8-15-23)27-26(29(34)30(35)32(27)22-12-10-21(31)11-13-22)28(33)20-9-16-25(37-6-2)24(17-20)18(3)4/h7-18,27,33H,5-6H2,1-4H3/b28-26-. The third-order valence-corrected chi connectivity index (χ3v) is 6.51. The van der Waals surface area contributed by atoms with Crippen LogP contribution < -0.4 is 14.4 Å². The van der Waals surface area contributed by atoms with Crippen molar-refractivity contribution in [3.63, 3.8) is 0 Å². The number of halogens is 1. The summed E-state index contributed by atoms with van der Waals surface area (Å²) in [5.74, 6) is -0.211. The number of hydrogen-bond donors (Lipinski definition) is 1. The molecule has 1 aliphatic rings. The first-order valence-corrected chi connectivity index (χ1v) is 12.7. The molecule has 7 heteroatoms.